The van der Waals surface area contributed by atoms with Crippen LogP contribution in [0.4, 0.5) is 0 Å². The van der Waals surface area contributed by atoms with Gasteiger partial charge in [0, 0.05) is 11.7 Å². The van der Waals surface area contributed by atoms with Gasteiger partial charge in [0.1, 0.15) is 5.69 Å². The Morgan fingerprint density at radius 2 is 1.93 bits per heavy atom. The fraction of sp³-hybridized carbons (Fsp3) is 0.500. The van der Waals surface area contributed by atoms with Gasteiger partial charge in [0.15, 0.2) is 0 Å². The third-order valence-corrected chi connectivity index (χ3v) is 2.01. The summed E-state index contributed by atoms with van der Waals surface area (Å²) in [6.07, 6.45) is 0. The van der Waals surface area contributed by atoms with Crippen LogP contribution in [0.25, 0.3) is 0 Å². The number of nitrogens with zero attached hydrogens (tertiary/aromatic N) is 1. The van der Waals surface area contributed by atoms with Crippen LogP contribution < -0.4 is 5.32 Å². The molecular formula is C12H18N2O. The lowest BCUT2D eigenvalue weighted by Gasteiger charge is -2.09. The molecule has 0 unspecified atom stereocenters. The van der Waals surface area contributed by atoms with E-state index in [0.29, 0.717) is 11.6 Å². The van der Waals surface area contributed by atoms with E-state index in [1.807, 2.05) is 26.0 Å². The van der Waals surface area contributed by atoms with E-state index < -0.39 is 0 Å². The normalized spacial score (nSPS) is 10.8. The zero-order valence-electron chi connectivity index (χ0n) is 9.74. The summed E-state index contributed by atoms with van der Waals surface area (Å²) in [6.45, 7) is 7.99. The van der Waals surface area contributed by atoms with Gasteiger partial charge in [0.2, 0.25) is 0 Å². The zero-order valence-corrected chi connectivity index (χ0v) is 9.74. The second-order valence-corrected chi connectivity index (χ2v) is 4.23. The molecule has 1 amide bonds. The van der Waals surface area contributed by atoms with E-state index in [4.69, 9.17) is 0 Å². The Morgan fingerprint density at radius 1 is 1.27 bits per heavy atom. The lowest BCUT2D eigenvalue weighted by molar-refractivity contribution is 0.0938. The summed E-state index contributed by atoms with van der Waals surface area (Å²) < 4.78 is 0. The fourth-order valence-electron chi connectivity index (χ4n) is 1.24. The van der Waals surface area contributed by atoms with Crippen molar-refractivity contribution in [2.24, 2.45) is 0 Å². The van der Waals surface area contributed by atoms with Crippen molar-refractivity contribution in [1.29, 1.82) is 0 Å². The largest absolute Gasteiger partial charge is 0.349 e. The third kappa shape index (κ3) is 3.35. The van der Waals surface area contributed by atoms with Gasteiger partial charge in [-0.2, -0.15) is 0 Å². The van der Waals surface area contributed by atoms with Crippen LogP contribution in [0.2, 0.25) is 0 Å². The molecule has 0 aliphatic heterocycles. The second kappa shape index (κ2) is 4.91. The number of carbonyl (C=O) groups excluding carboxylic acids is 1. The number of hydrogen-bond donors (Lipinski definition) is 1. The maximum absolute atomic E-state index is 11.7. The SMILES string of the molecule is CC(C)NC(=O)c1cccc(C(C)C)n1. The van der Waals surface area contributed by atoms with Crippen LogP contribution >= 0.6 is 0 Å². The number of carbonyl (C=O) groups is 1. The first kappa shape index (κ1) is 11.7. The molecule has 0 aliphatic rings. The standard InChI is InChI=1S/C12H18N2O/c1-8(2)10-6-5-7-11(14-10)12(15)13-9(3)4/h5-9H,1-4H3,(H,13,15). The van der Waals surface area contributed by atoms with E-state index in [0.717, 1.165) is 5.69 Å². The van der Waals surface area contributed by atoms with Gasteiger partial charge < -0.3 is 5.32 Å². The van der Waals surface area contributed by atoms with E-state index in [2.05, 4.69) is 24.1 Å². The molecule has 15 heavy (non-hydrogen) atoms. The molecule has 0 aromatic carbocycles. The molecule has 0 spiro atoms. The van der Waals surface area contributed by atoms with Gasteiger partial charge >= 0.3 is 0 Å². The van der Waals surface area contributed by atoms with Crippen molar-refractivity contribution in [1.82, 2.24) is 10.3 Å². The summed E-state index contributed by atoms with van der Waals surface area (Å²) in [6, 6.07) is 5.69. The molecule has 0 radical (unpaired) electrons. The molecule has 82 valence electrons. The predicted octanol–water partition coefficient (Wildman–Crippen LogP) is 2.34. The minimum Gasteiger partial charge on any atom is -0.349 e. The molecule has 0 bridgehead atoms. The monoisotopic (exact) mass is 206 g/mol. The Kier molecular flexibility index (Phi) is 3.83. The van der Waals surface area contributed by atoms with Crippen LogP contribution in [0, 0.1) is 0 Å². The van der Waals surface area contributed by atoms with Crippen molar-refractivity contribution in [3.05, 3.63) is 29.6 Å². The van der Waals surface area contributed by atoms with Crippen LogP contribution in [-0.2, 0) is 0 Å². The first-order valence-electron chi connectivity index (χ1n) is 5.28. The van der Waals surface area contributed by atoms with Crippen molar-refractivity contribution in [2.45, 2.75) is 39.7 Å². The molecule has 3 nitrogen and oxygen atoms in total. The lowest BCUT2D eigenvalue weighted by Crippen LogP contribution is -2.30. The Bertz CT molecular complexity index is 345. The highest BCUT2D eigenvalue weighted by Crippen LogP contribution is 2.11. The van der Waals surface area contributed by atoms with Crippen molar-refractivity contribution >= 4 is 5.91 Å². The van der Waals surface area contributed by atoms with Gasteiger partial charge in [-0.3, -0.25) is 4.79 Å². The fourth-order valence-corrected chi connectivity index (χ4v) is 1.24. The number of nitrogens with one attached hydrogen (secondary N) is 1. The molecule has 1 aromatic heterocycles. The van der Waals surface area contributed by atoms with Gasteiger partial charge in [-0.05, 0) is 31.9 Å². The maximum atomic E-state index is 11.7. The first-order chi connectivity index (χ1) is 7.00. The van der Waals surface area contributed by atoms with Crippen molar-refractivity contribution in [3.63, 3.8) is 0 Å². The summed E-state index contributed by atoms with van der Waals surface area (Å²) in [5.74, 6) is 0.240. The minimum absolute atomic E-state index is 0.104. The van der Waals surface area contributed by atoms with E-state index in [9.17, 15) is 4.79 Å². The van der Waals surface area contributed by atoms with E-state index >= 15 is 0 Å². The van der Waals surface area contributed by atoms with Gasteiger partial charge in [0.25, 0.3) is 5.91 Å². The van der Waals surface area contributed by atoms with Gasteiger partial charge in [-0.1, -0.05) is 19.9 Å². The predicted molar refractivity (Wildman–Crippen MR) is 60.9 cm³/mol. The van der Waals surface area contributed by atoms with Crippen molar-refractivity contribution in [3.8, 4) is 0 Å². The number of aromatic nitrogens is 1. The zero-order chi connectivity index (χ0) is 11.4. The second-order valence-electron chi connectivity index (χ2n) is 4.23. The number of pyridine rings is 1. The highest BCUT2D eigenvalue weighted by atomic mass is 16.1. The smallest absolute Gasteiger partial charge is 0.270 e. The van der Waals surface area contributed by atoms with Crippen molar-refractivity contribution < 1.29 is 4.79 Å². The Hall–Kier alpha value is -1.38. The Labute approximate surface area is 90.9 Å². The van der Waals surface area contributed by atoms with Gasteiger partial charge in [-0.15, -0.1) is 0 Å². The van der Waals surface area contributed by atoms with E-state index in [1.54, 1.807) is 6.07 Å². The van der Waals surface area contributed by atoms with E-state index in [1.165, 1.54) is 0 Å². The third-order valence-electron chi connectivity index (χ3n) is 2.01. The summed E-state index contributed by atoms with van der Waals surface area (Å²) in [5.41, 5.74) is 1.45. The average molecular weight is 206 g/mol. The highest BCUT2D eigenvalue weighted by Gasteiger charge is 2.09. The Morgan fingerprint density at radius 3 is 2.47 bits per heavy atom. The lowest BCUT2D eigenvalue weighted by atomic mass is 10.1. The summed E-state index contributed by atoms with van der Waals surface area (Å²) >= 11 is 0. The topological polar surface area (TPSA) is 42.0 Å². The summed E-state index contributed by atoms with van der Waals surface area (Å²) in [7, 11) is 0. The van der Waals surface area contributed by atoms with Crippen LogP contribution in [0.15, 0.2) is 18.2 Å². The molecule has 0 saturated carbocycles. The molecule has 1 N–H and O–H groups in total. The molecule has 1 rings (SSSR count). The molecule has 0 fully saturated rings. The molecule has 3 heteroatoms. The molecule has 0 saturated heterocycles. The maximum Gasteiger partial charge on any atom is 0.270 e. The molecular weight excluding hydrogens is 188 g/mol. The molecule has 0 atom stereocenters. The molecule has 0 aliphatic carbocycles. The molecule has 1 heterocycles. The average Bonchev–Trinajstić information content (AvgIpc) is 2.17. The van der Waals surface area contributed by atoms with Crippen LogP contribution in [0.3, 0.4) is 0 Å². The first-order valence-corrected chi connectivity index (χ1v) is 5.28. The minimum atomic E-state index is -0.104. The number of amides is 1. The molecule has 1 aromatic rings. The van der Waals surface area contributed by atoms with E-state index in [-0.39, 0.29) is 11.9 Å². The quantitative estimate of drug-likeness (QED) is 0.824. The number of hydrogen-bond acceptors (Lipinski definition) is 2. The van der Waals surface area contributed by atoms with Gasteiger partial charge in [-0.25, -0.2) is 4.98 Å². The van der Waals surface area contributed by atoms with Gasteiger partial charge in [0.05, 0.1) is 0 Å². The summed E-state index contributed by atoms with van der Waals surface area (Å²) in [5, 5.41) is 2.82. The van der Waals surface area contributed by atoms with Crippen molar-refractivity contribution in [2.75, 3.05) is 0 Å². The van der Waals surface area contributed by atoms with Crippen LogP contribution in [-0.4, -0.2) is 16.9 Å². The highest BCUT2D eigenvalue weighted by molar-refractivity contribution is 5.92. The Balaban J connectivity index is 2.85. The van der Waals surface area contributed by atoms with Crippen LogP contribution in [0.1, 0.15) is 49.8 Å². The van der Waals surface area contributed by atoms with Crippen LogP contribution in [0.5, 0.6) is 0 Å². The summed E-state index contributed by atoms with van der Waals surface area (Å²) in [4.78, 5) is 16.0. The number of rotatable bonds is 3.